The average molecular weight is 158 g/mol. The van der Waals surface area contributed by atoms with Crippen LogP contribution in [0.2, 0.25) is 0 Å². The second-order valence-electron chi connectivity index (χ2n) is 2.58. The first-order valence-corrected chi connectivity index (χ1v) is 3.77. The van der Waals surface area contributed by atoms with Gasteiger partial charge in [-0.05, 0) is 12.8 Å². The lowest BCUT2D eigenvalue weighted by Gasteiger charge is -2.27. The summed E-state index contributed by atoms with van der Waals surface area (Å²) in [7, 11) is 0. The van der Waals surface area contributed by atoms with Gasteiger partial charge in [0.2, 0.25) is 0 Å². The van der Waals surface area contributed by atoms with Crippen LogP contribution in [0.4, 0.5) is 4.79 Å². The molecule has 1 fully saturated rings. The highest BCUT2D eigenvalue weighted by atomic mass is 16.2. The summed E-state index contributed by atoms with van der Waals surface area (Å²) in [5.41, 5.74) is 10.4. The fraction of sp³-hybridized carbons (Fsp3) is 0.833. The molecular weight excluding hydrogens is 144 g/mol. The van der Waals surface area contributed by atoms with Crippen molar-refractivity contribution in [3.63, 3.8) is 0 Å². The van der Waals surface area contributed by atoms with Crippen LogP contribution in [0.5, 0.6) is 0 Å². The molecule has 1 aliphatic rings. The Kier molecular flexibility index (Phi) is 2.67. The summed E-state index contributed by atoms with van der Waals surface area (Å²) in [6.45, 7) is 1.95. The van der Waals surface area contributed by atoms with Gasteiger partial charge in [0.25, 0.3) is 0 Å². The molecule has 0 saturated carbocycles. The maximum Gasteiger partial charge on any atom is 0.330 e. The molecular formula is C6H14N4O. The fourth-order valence-electron chi connectivity index (χ4n) is 1.29. The lowest BCUT2D eigenvalue weighted by Crippen LogP contribution is -2.50. The van der Waals surface area contributed by atoms with Gasteiger partial charge >= 0.3 is 6.03 Å². The Morgan fingerprint density at radius 3 is 2.36 bits per heavy atom. The molecule has 0 aromatic heterocycles. The number of amides is 2. The number of rotatable bonds is 2. The number of hydrogen-bond donors (Lipinski definition) is 2. The van der Waals surface area contributed by atoms with Crippen LogP contribution in [0.25, 0.3) is 0 Å². The standard InChI is InChI=1S/C6H14N4O/c7-5-10(6(8)11)9-3-1-2-4-9/h1-5,7H2,(H2,8,11). The maximum absolute atomic E-state index is 10.7. The SMILES string of the molecule is NCN(C(N)=O)N1CCCC1. The van der Waals surface area contributed by atoms with Crippen molar-refractivity contribution in [3.05, 3.63) is 0 Å². The molecule has 0 aromatic carbocycles. The summed E-state index contributed by atoms with van der Waals surface area (Å²) < 4.78 is 0. The minimum atomic E-state index is -0.464. The highest BCUT2D eigenvalue weighted by Gasteiger charge is 2.20. The Labute approximate surface area is 65.9 Å². The van der Waals surface area contributed by atoms with Crippen molar-refractivity contribution in [2.45, 2.75) is 12.8 Å². The van der Waals surface area contributed by atoms with E-state index in [2.05, 4.69) is 0 Å². The first-order valence-electron chi connectivity index (χ1n) is 3.77. The molecule has 11 heavy (non-hydrogen) atoms. The maximum atomic E-state index is 10.7. The first-order chi connectivity index (χ1) is 5.25. The van der Waals surface area contributed by atoms with Crippen LogP contribution in [0.15, 0.2) is 0 Å². The molecule has 1 aliphatic heterocycles. The third-order valence-corrected chi connectivity index (χ3v) is 1.85. The summed E-state index contributed by atoms with van der Waals surface area (Å²) in [5.74, 6) is 0. The zero-order chi connectivity index (χ0) is 8.27. The number of hydrazine groups is 1. The average Bonchev–Trinajstić information content (AvgIpc) is 2.40. The molecule has 64 valence electrons. The van der Waals surface area contributed by atoms with E-state index in [9.17, 15) is 4.79 Å². The van der Waals surface area contributed by atoms with Crippen molar-refractivity contribution in [1.82, 2.24) is 10.0 Å². The second kappa shape index (κ2) is 3.54. The largest absolute Gasteiger partial charge is 0.350 e. The van der Waals surface area contributed by atoms with Crippen molar-refractivity contribution in [3.8, 4) is 0 Å². The van der Waals surface area contributed by atoms with Gasteiger partial charge in [0.15, 0.2) is 0 Å². The summed E-state index contributed by atoms with van der Waals surface area (Å²) in [5, 5.41) is 3.27. The molecule has 5 heteroatoms. The van der Waals surface area contributed by atoms with Crippen molar-refractivity contribution in [2.24, 2.45) is 11.5 Å². The smallest absolute Gasteiger partial charge is 0.330 e. The number of nitrogens with two attached hydrogens (primary N) is 2. The molecule has 0 atom stereocenters. The van der Waals surface area contributed by atoms with Gasteiger partial charge in [0.05, 0.1) is 6.67 Å². The van der Waals surface area contributed by atoms with Gasteiger partial charge in [-0.15, -0.1) is 0 Å². The fourth-order valence-corrected chi connectivity index (χ4v) is 1.29. The summed E-state index contributed by atoms with van der Waals surface area (Å²) in [4.78, 5) is 10.7. The van der Waals surface area contributed by atoms with E-state index in [0.717, 1.165) is 25.9 Å². The Balaban J connectivity index is 2.46. The quantitative estimate of drug-likeness (QED) is 0.521. The predicted molar refractivity (Wildman–Crippen MR) is 41.3 cm³/mol. The van der Waals surface area contributed by atoms with E-state index in [0.29, 0.717) is 0 Å². The summed E-state index contributed by atoms with van der Waals surface area (Å²) >= 11 is 0. The topological polar surface area (TPSA) is 75.6 Å². The molecule has 0 unspecified atom stereocenters. The molecule has 1 saturated heterocycles. The molecule has 0 radical (unpaired) electrons. The van der Waals surface area contributed by atoms with E-state index in [4.69, 9.17) is 11.5 Å². The van der Waals surface area contributed by atoms with Crippen molar-refractivity contribution in [2.75, 3.05) is 19.8 Å². The molecule has 1 rings (SSSR count). The molecule has 0 bridgehead atoms. The highest BCUT2D eigenvalue weighted by molar-refractivity contribution is 5.71. The molecule has 0 aliphatic carbocycles. The number of primary amides is 1. The molecule has 0 aromatic rings. The van der Waals surface area contributed by atoms with Gasteiger partial charge in [-0.2, -0.15) is 0 Å². The van der Waals surface area contributed by atoms with Crippen LogP contribution >= 0.6 is 0 Å². The summed E-state index contributed by atoms with van der Waals surface area (Å²) in [6.07, 6.45) is 2.23. The van der Waals surface area contributed by atoms with Crippen molar-refractivity contribution in [1.29, 1.82) is 0 Å². The van der Waals surface area contributed by atoms with Crippen LogP contribution < -0.4 is 11.5 Å². The number of carbonyl (C=O) groups is 1. The van der Waals surface area contributed by atoms with Crippen LogP contribution in [0.3, 0.4) is 0 Å². The van der Waals surface area contributed by atoms with Gasteiger partial charge in [-0.25, -0.2) is 14.8 Å². The van der Waals surface area contributed by atoms with Gasteiger partial charge in [-0.1, -0.05) is 0 Å². The third-order valence-electron chi connectivity index (χ3n) is 1.85. The predicted octanol–water partition coefficient (Wildman–Crippen LogP) is -0.706. The Bertz CT molecular complexity index is 144. The molecule has 1 heterocycles. The second-order valence-corrected chi connectivity index (χ2v) is 2.58. The van der Waals surface area contributed by atoms with Gasteiger partial charge < -0.3 is 11.5 Å². The number of nitrogens with zero attached hydrogens (tertiary/aromatic N) is 2. The molecule has 2 amide bonds. The lowest BCUT2D eigenvalue weighted by atomic mass is 10.4. The van der Waals surface area contributed by atoms with Crippen LogP contribution in [-0.2, 0) is 0 Å². The Morgan fingerprint density at radius 1 is 1.45 bits per heavy atom. The lowest BCUT2D eigenvalue weighted by molar-refractivity contribution is 0.0430. The van der Waals surface area contributed by atoms with Gasteiger partial charge in [0, 0.05) is 13.1 Å². The van der Waals surface area contributed by atoms with Crippen LogP contribution in [0, 0.1) is 0 Å². The molecule has 4 N–H and O–H groups in total. The number of carbonyl (C=O) groups excluding carboxylic acids is 1. The van der Waals surface area contributed by atoms with E-state index in [-0.39, 0.29) is 6.67 Å². The normalized spacial score (nSPS) is 18.6. The minimum absolute atomic E-state index is 0.176. The van der Waals surface area contributed by atoms with E-state index >= 15 is 0 Å². The zero-order valence-corrected chi connectivity index (χ0v) is 6.49. The van der Waals surface area contributed by atoms with Crippen molar-refractivity contribution >= 4 is 6.03 Å². The van der Waals surface area contributed by atoms with E-state index in [1.54, 1.807) is 0 Å². The van der Waals surface area contributed by atoms with E-state index < -0.39 is 6.03 Å². The molecule has 5 nitrogen and oxygen atoms in total. The monoisotopic (exact) mass is 158 g/mol. The van der Waals surface area contributed by atoms with Gasteiger partial charge in [0.1, 0.15) is 0 Å². The van der Waals surface area contributed by atoms with Gasteiger partial charge in [-0.3, -0.25) is 0 Å². The third kappa shape index (κ3) is 1.81. The summed E-state index contributed by atoms with van der Waals surface area (Å²) in [6, 6.07) is -0.464. The highest BCUT2D eigenvalue weighted by Crippen LogP contribution is 2.09. The van der Waals surface area contributed by atoms with Crippen molar-refractivity contribution < 1.29 is 4.79 Å². The first kappa shape index (κ1) is 8.29. The molecule has 0 spiro atoms. The van der Waals surface area contributed by atoms with E-state index in [1.807, 2.05) is 5.01 Å². The van der Waals surface area contributed by atoms with Crippen LogP contribution in [-0.4, -0.2) is 35.8 Å². The van der Waals surface area contributed by atoms with Crippen LogP contribution in [0.1, 0.15) is 12.8 Å². The van der Waals surface area contributed by atoms with E-state index in [1.165, 1.54) is 5.01 Å². The number of urea groups is 1. The number of hydrogen-bond acceptors (Lipinski definition) is 3. The zero-order valence-electron chi connectivity index (χ0n) is 6.49. The Hall–Kier alpha value is -0.810. The Morgan fingerprint density at radius 2 is 2.00 bits per heavy atom. The minimum Gasteiger partial charge on any atom is -0.350 e.